The van der Waals surface area contributed by atoms with Crippen LogP contribution < -0.4 is 10.0 Å². The SMILES string of the molecule is O=C([O-])[C@@H]1CCC[NH+]1Cc1c(Cl)cccc1Cl. The number of carboxylic acid groups (broad SMARTS) is 1. The first-order chi connectivity index (χ1) is 8.09. The molecule has 1 heterocycles. The van der Waals surface area contributed by atoms with E-state index in [1.165, 1.54) is 0 Å². The summed E-state index contributed by atoms with van der Waals surface area (Å²) in [7, 11) is 0. The summed E-state index contributed by atoms with van der Waals surface area (Å²) < 4.78 is 0. The number of halogens is 2. The first-order valence-electron chi connectivity index (χ1n) is 5.58. The number of nitrogens with one attached hydrogen (secondary N) is 1. The van der Waals surface area contributed by atoms with Crippen LogP contribution in [0.15, 0.2) is 18.2 Å². The highest BCUT2D eigenvalue weighted by atomic mass is 35.5. The molecule has 1 fully saturated rings. The Balaban J connectivity index is 2.18. The molecule has 0 bridgehead atoms. The van der Waals surface area contributed by atoms with Crippen molar-refractivity contribution in [1.82, 2.24) is 0 Å². The second-order valence-corrected chi connectivity index (χ2v) is 5.11. The molecule has 0 saturated carbocycles. The lowest BCUT2D eigenvalue weighted by Gasteiger charge is -2.22. The van der Waals surface area contributed by atoms with Gasteiger partial charge in [0.1, 0.15) is 12.6 Å². The fourth-order valence-electron chi connectivity index (χ4n) is 2.34. The van der Waals surface area contributed by atoms with E-state index in [0.29, 0.717) is 23.0 Å². The molecule has 92 valence electrons. The normalized spacial score (nSPS) is 23.9. The van der Waals surface area contributed by atoms with Gasteiger partial charge in [-0.2, -0.15) is 0 Å². The molecule has 0 amide bonds. The van der Waals surface area contributed by atoms with E-state index in [-0.39, 0.29) is 0 Å². The summed E-state index contributed by atoms with van der Waals surface area (Å²) in [5.74, 6) is -0.985. The maximum atomic E-state index is 11.0. The Morgan fingerprint density at radius 1 is 1.41 bits per heavy atom. The first kappa shape index (κ1) is 12.7. The van der Waals surface area contributed by atoms with E-state index in [1.54, 1.807) is 18.2 Å². The number of aliphatic carboxylic acids is 1. The summed E-state index contributed by atoms with van der Waals surface area (Å²) in [5.41, 5.74) is 0.819. The number of carbonyl (C=O) groups excluding carboxylic acids is 1. The number of quaternary nitrogens is 1. The van der Waals surface area contributed by atoms with Crippen LogP contribution in [0.3, 0.4) is 0 Å². The molecule has 17 heavy (non-hydrogen) atoms. The quantitative estimate of drug-likeness (QED) is 0.861. The van der Waals surface area contributed by atoms with Crippen molar-refractivity contribution in [3.05, 3.63) is 33.8 Å². The van der Waals surface area contributed by atoms with Crippen LogP contribution >= 0.6 is 23.2 Å². The second kappa shape index (κ2) is 5.25. The number of rotatable bonds is 3. The number of hydrogen-bond acceptors (Lipinski definition) is 2. The fourth-order valence-corrected chi connectivity index (χ4v) is 2.87. The Kier molecular flexibility index (Phi) is 3.92. The summed E-state index contributed by atoms with van der Waals surface area (Å²) in [4.78, 5) is 11.9. The highest BCUT2D eigenvalue weighted by Gasteiger charge is 2.30. The molecule has 0 aliphatic carbocycles. The lowest BCUT2D eigenvalue weighted by Crippen LogP contribution is -3.14. The van der Waals surface area contributed by atoms with Gasteiger partial charge in [0.2, 0.25) is 0 Å². The number of carboxylic acids is 1. The Morgan fingerprint density at radius 3 is 2.65 bits per heavy atom. The van der Waals surface area contributed by atoms with E-state index in [0.717, 1.165) is 23.4 Å². The first-order valence-corrected chi connectivity index (χ1v) is 6.33. The van der Waals surface area contributed by atoms with Crippen molar-refractivity contribution in [2.24, 2.45) is 0 Å². The molecule has 2 rings (SSSR count). The van der Waals surface area contributed by atoms with Crippen molar-refractivity contribution >= 4 is 29.2 Å². The van der Waals surface area contributed by atoms with Gasteiger partial charge in [0.05, 0.1) is 22.6 Å². The van der Waals surface area contributed by atoms with Crippen LogP contribution in [0.1, 0.15) is 18.4 Å². The van der Waals surface area contributed by atoms with Crippen LogP contribution in [0.4, 0.5) is 0 Å². The lowest BCUT2D eigenvalue weighted by atomic mass is 10.2. The lowest BCUT2D eigenvalue weighted by molar-refractivity contribution is -0.919. The largest absolute Gasteiger partial charge is 0.544 e. The summed E-state index contributed by atoms with van der Waals surface area (Å²) in [5, 5.41) is 12.2. The maximum absolute atomic E-state index is 11.0. The molecule has 0 spiro atoms. The van der Waals surface area contributed by atoms with Crippen molar-refractivity contribution in [1.29, 1.82) is 0 Å². The van der Waals surface area contributed by atoms with Gasteiger partial charge in [-0.25, -0.2) is 0 Å². The summed E-state index contributed by atoms with van der Waals surface area (Å²) >= 11 is 12.1. The van der Waals surface area contributed by atoms with Gasteiger partial charge in [-0.1, -0.05) is 29.3 Å². The van der Waals surface area contributed by atoms with Gasteiger partial charge in [-0.05, 0) is 12.1 Å². The Morgan fingerprint density at radius 2 is 2.06 bits per heavy atom. The molecule has 0 aromatic heterocycles. The molecule has 1 aromatic rings. The van der Waals surface area contributed by atoms with Crippen LogP contribution in [0.25, 0.3) is 0 Å². The number of likely N-dealkylation sites (tertiary alicyclic amines) is 1. The Labute approximate surface area is 110 Å². The van der Waals surface area contributed by atoms with Crippen LogP contribution in [-0.4, -0.2) is 18.6 Å². The van der Waals surface area contributed by atoms with Gasteiger partial charge < -0.3 is 14.8 Å². The standard InChI is InChI=1S/C12H13Cl2NO2/c13-9-3-1-4-10(14)8(9)7-15-6-2-5-11(15)12(16)17/h1,3-4,11H,2,5-7H2,(H,16,17)/t11-/m0/s1. The average Bonchev–Trinajstić information content (AvgIpc) is 2.72. The molecule has 3 nitrogen and oxygen atoms in total. The van der Waals surface area contributed by atoms with Crippen molar-refractivity contribution in [2.75, 3.05) is 6.54 Å². The molecule has 1 aromatic carbocycles. The average molecular weight is 274 g/mol. The van der Waals surface area contributed by atoms with E-state index in [2.05, 4.69) is 0 Å². The molecule has 1 aliphatic rings. The number of hydrogen-bond donors (Lipinski definition) is 1. The van der Waals surface area contributed by atoms with Crippen molar-refractivity contribution in [3.63, 3.8) is 0 Å². The zero-order valence-corrected chi connectivity index (χ0v) is 10.7. The monoisotopic (exact) mass is 273 g/mol. The van der Waals surface area contributed by atoms with Gasteiger partial charge in [0, 0.05) is 18.4 Å². The molecular formula is C12H13Cl2NO2. The topological polar surface area (TPSA) is 44.6 Å². The zero-order valence-electron chi connectivity index (χ0n) is 9.21. The highest BCUT2D eigenvalue weighted by Crippen LogP contribution is 2.23. The van der Waals surface area contributed by atoms with Crippen LogP contribution in [-0.2, 0) is 11.3 Å². The predicted octanol–water partition coefficient (Wildman–Crippen LogP) is 0.291. The minimum Gasteiger partial charge on any atom is -0.544 e. The minimum absolute atomic E-state index is 0.442. The molecular weight excluding hydrogens is 261 g/mol. The maximum Gasteiger partial charge on any atom is 0.128 e. The molecule has 1 aliphatic heterocycles. The summed E-state index contributed by atoms with van der Waals surface area (Å²) in [6, 6.07) is 4.88. The highest BCUT2D eigenvalue weighted by molar-refractivity contribution is 6.35. The van der Waals surface area contributed by atoms with Gasteiger partial charge in [0.15, 0.2) is 0 Å². The summed E-state index contributed by atoms with van der Waals surface area (Å²) in [6.07, 6.45) is 1.57. The molecule has 0 radical (unpaired) electrons. The third-order valence-corrected chi connectivity index (χ3v) is 3.94. The molecule has 1 saturated heterocycles. The zero-order chi connectivity index (χ0) is 12.4. The van der Waals surface area contributed by atoms with Crippen molar-refractivity contribution in [3.8, 4) is 0 Å². The smallest absolute Gasteiger partial charge is 0.128 e. The van der Waals surface area contributed by atoms with Crippen LogP contribution in [0, 0.1) is 0 Å². The molecule has 2 atom stereocenters. The van der Waals surface area contributed by atoms with Crippen LogP contribution in [0.2, 0.25) is 10.0 Å². The minimum atomic E-state index is -0.985. The van der Waals surface area contributed by atoms with E-state index < -0.39 is 12.0 Å². The van der Waals surface area contributed by atoms with E-state index in [4.69, 9.17) is 23.2 Å². The summed E-state index contributed by atoms with van der Waals surface area (Å²) in [6.45, 7) is 1.36. The molecule has 1 N–H and O–H groups in total. The number of carbonyl (C=O) groups is 1. The van der Waals surface area contributed by atoms with Gasteiger partial charge >= 0.3 is 0 Å². The van der Waals surface area contributed by atoms with Crippen molar-refractivity contribution < 1.29 is 14.8 Å². The van der Waals surface area contributed by atoms with E-state index in [1.807, 2.05) is 0 Å². The Bertz CT molecular complexity index is 416. The van der Waals surface area contributed by atoms with Gasteiger partial charge in [-0.3, -0.25) is 0 Å². The van der Waals surface area contributed by atoms with Crippen molar-refractivity contribution in [2.45, 2.75) is 25.4 Å². The third kappa shape index (κ3) is 2.73. The van der Waals surface area contributed by atoms with E-state index in [9.17, 15) is 9.90 Å². The second-order valence-electron chi connectivity index (χ2n) is 4.30. The number of benzene rings is 1. The predicted molar refractivity (Wildman–Crippen MR) is 64.0 cm³/mol. The van der Waals surface area contributed by atoms with Crippen LogP contribution in [0.5, 0.6) is 0 Å². The fraction of sp³-hybridized carbons (Fsp3) is 0.417. The third-order valence-electron chi connectivity index (χ3n) is 3.23. The molecule has 5 heteroatoms. The Hall–Kier alpha value is -0.770. The van der Waals surface area contributed by atoms with E-state index >= 15 is 0 Å². The molecule has 1 unspecified atom stereocenters. The van der Waals surface area contributed by atoms with Gasteiger partial charge in [0.25, 0.3) is 0 Å². The van der Waals surface area contributed by atoms with Gasteiger partial charge in [-0.15, -0.1) is 0 Å².